The van der Waals surface area contributed by atoms with E-state index in [1.54, 1.807) is 4.31 Å². The van der Waals surface area contributed by atoms with Crippen LogP contribution in [0.25, 0.3) is 0 Å². The summed E-state index contributed by atoms with van der Waals surface area (Å²) < 4.78 is 26.1. The van der Waals surface area contributed by atoms with Crippen LogP contribution in [0.2, 0.25) is 0 Å². The van der Waals surface area contributed by atoms with Crippen molar-refractivity contribution in [1.82, 2.24) is 4.31 Å². The average Bonchev–Trinajstić information content (AvgIpc) is 2.38. The van der Waals surface area contributed by atoms with Crippen LogP contribution in [0, 0.1) is 11.8 Å². The number of hydrogen-bond donors (Lipinski definition) is 1. The van der Waals surface area contributed by atoms with Crippen molar-refractivity contribution in [3.8, 4) is 0 Å². The highest BCUT2D eigenvalue weighted by Gasteiger charge is 2.35. The van der Waals surface area contributed by atoms with Crippen molar-refractivity contribution < 1.29 is 13.5 Å². The van der Waals surface area contributed by atoms with Gasteiger partial charge in [0.15, 0.2) is 0 Å². The third-order valence-electron chi connectivity index (χ3n) is 4.46. The lowest BCUT2D eigenvalue weighted by atomic mass is 9.76. The van der Waals surface area contributed by atoms with Crippen molar-refractivity contribution in [1.29, 1.82) is 0 Å². The summed E-state index contributed by atoms with van der Waals surface area (Å²) in [6, 6.07) is 0. The van der Waals surface area contributed by atoms with E-state index in [-0.39, 0.29) is 12.4 Å². The molecule has 1 heterocycles. The van der Waals surface area contributed by atoms with Crippen molar-refractivity contribution in [2.45, 2.75) is 44.9 Å². The molecule has 4 nitrogen and oxygen atoms in total. The maximum Gasteiger partial charge on any atom is 0.214 e. The molecule has 0 aromatic rings. The van der Waals surface area contributed by atoms with Crippen molar-refractivity contribution in [3.05, 3.63) is 0 Å². The van der Waals surface area contributed by atoms with Crippen LogP contribution >= 0.6 is 0 Å². The first-order valence-electron chi connectivity index (χ1n) is 7.22. The van der Waals surface area contributed by atoms with Gasteiger partial charge in [-0.1, -0.05) is 19.3 Å². The van der Waals surface area contributed by atoms with Crippen molar-refractivity contribution in [3.63, 3.8) is 0 Å². The number of fused-ring (bicyclic) bond motifs is 1. The summed E-state index contributed by atoms with van der Waals surface area (Å²) in [6.07, 6.45) is 7.28. The summed E-state index contributed by atoms with van der Waals surface area (Å²) >= 11 is 0. The standard InChI is InChI=1S/C13H25NO3S/c15-9-3-4-10-18(16,17)14-8-7-12-5-1-2-6-13(12)11-14/h12-13,15H,1-11H2. The molecule has 0 aromatic carbocycles. The fourth-order valence-corrected chi connectivity index (χ4v) is 4.97. The SMILES string of the molecule is O=S(=O)(CCCCO)N1CCC2CCCCC2C1. The van der Waals surface area contributed by atoms with Gasteiger partial charge in [-0.3, -0.25) is 0 Å². The van der Waals surface area contributed by atoms with E-state index in [1.165, 1.54) is 25.7 Å². The molecule has 2 rings (SSSR count). The molecule has 0 aromatic heterocycles. The smallest absolute Gasteiger partial charge is 0.214 e. The number of unbranched alkanes of at least 4 members (excludes halogenated alkanes) is 1. The summed E-state index contributed by atoms with van der Waals surface area (Å²) in [7, 11) is -3.08. The number of hydrogen-bond acceptors (Lipinski definition) is 3. The highest BCUT2D eigenvalue weighted by molar-refractivity contribution is 7.89. The third kappa shape index (κ3) is 3.45. The minimum Gasteiger partial charge on any atom is -0.396 e. The first-order valence-corrected chi connectivity index (χ1v) is 8.83. The zero-order valence-corrected chi connectivity index (χ0v) is 11.9. The van der Waals surface area contributed by atoms with E-state index in [9.17, 15) is 8.42 Å². The Balaban J connectivity index is 1.89. The summed E-state index contributed by atoms with van der Waals surface area (Å²) in [5.41, 5.74) is 0. The molecule has 1 N–H and O–H groups in total. The Morgan fingerprint density at radius 3 is 2.50 bits per heavy atom. The molecule has 2 atom stereocenters. The number of aliphatic hydroxyl groups is 1. The molecular weight excluding hydrogens is 250 g/mol. The van der Waals surface area contributed by atoms with Crippen LogP contribution in [0.5, 0.6) is 0 Å². The molecule has 1 saturated carbocycles. The van der Waals surface area contributed by atoms with E-state index in [1.807, 2.05) is 0 Å². The highest BCUT2D eigenvalue weighted by Crippen LogP contribution is 2.36. The Morgan fingerprint density at radius 2 is 1.78 bits per heavy atom. The second-order valence-electron chi connectivity index (χ2n) is 5.70. The molecule has 5 heteroatoms. The van der Waals surface area contributed by atoms with Crippen LogP contribution in [0.15, 0.2) is 0 Å². The van der Waals surface area contributed by atoms with Gasteiger partial charge in [0.25, 0.3) is 0 Å². The van der Waals surface area contributed by atoms with Gasteiger partial charge in [0.2, 0.25) is 10.0 Å². The first kappa shape index (κ1) is 14.3. The van der Waals surface area contributed by atoms with Gasteiger partial charge in [-0.25, -0.2) is 12.7 Å². The molecule has 0 spiro atoms. The van der Waals surface area contributed by atoms with E-state index in [0.29, 0.717) is 25.3 Å². The minimum atomic E-state index is -3.08. The fraction of sp³-hybridized carbons (Fsp3) is 1.00. The number of piperidine rings is 1. The molecule has 1 aliphatic heterocycles. The zero-order chi connectivity index (χ0) is 13.0. The second kappa shape index (κ2) is 6.35. The summed E-state index contributed by atoms with van der Waals surface area (Å²) in [5, 5.41) is 8.72. The molecular formula is C13H25NO3S. The molecule has 2 unspecified atom stereocenters. The lowest BCUT2D eigenvalue weighted by Crippen LogP contribution is -2.45. The number of nitrogens with zero attached hydrogens (tertiary/aromatic N) is 1. The summed E-state index contributed by atoms with van der Waals surface area (Å²) in [4.78, 5) is 0. The van der Waals surface area contributed by atoms with Gasteiger partial charge in [0.1, 0.15) is 0 Å². The molecule has 0 amide bonds. The van der Waals surface area contributed by atoms with Crippen LogP contribution in [-0.2, 0) is 10.0 Å². The van der Waals surface area contributed by atoms with Gasteiger partial charge in [0.05, 0.1) is 5.75 Å². The Morgan fingerprint density at radius 1 is 1.06 bits per heavy atom. The monoisotopic (exact) mass is 275 g/mol. The molecule has 0 bridgehead atoms. The van der Waals surface area contributed by atoms with E-state index >= 15 is 0 Å². The maximum atomic E-state index is 12.2. The van der Waals surface area contributed by atoms with Gasteiger partial charge in [-0.2, -0.15) is 0 Å². The van der Waals surface area contributed by atoms with E-state index < -0.39 is 10.0 Å². The van der Waals surface area contributed by atoms with E-state index in [2.05, 4.69) is 0 Å². The molecule has 1 saturated heterocycles. The topological polar surface area (TPSA) is 57.6 Å². The number of sulfonamides is 1. The average molecular weight is 275 g/mol. The van der Waals surface area contributed by atoms with Gasteiger partial charge in [0, 0.05) is 19.7 Å². The first-order chi connectivity index (χ1) is 8.63. The van der Waals surface area contributed by atoms with Gasteiger partial charge < -0.3 is 5.11 Å². The van der Waals surface area contributed by atoms with Crippen LogP contribution in [0.1, 0.15) is 44.9 Å². The van der Waals surface area contributed by atoms with Gasteiger partial charge in [-0.15, -0.1) is 0 Å². The highest BCUT2D eigenvalue weighted by atomic mass is 32.2. The summed E-state index contributed by atoms with van der Waals surface area (Å²) in [6.45, 7) is 1.54. The molecule has 18 heavy (non-hydrogen) atoms. The molecule has 0 radical (unpaired) electrons. The Labute approximate surface area is 110 Å². The predicted octanol–water partition coefficient (Wildman–Crippen LogP) is 1.60. The quantitative estimate of drug-likeness (QED) is 0.775. The van der Waals surface area contributed by atoms with Gasteiger partial charge >= 0.3 is 0 Å². The lowest BCUT2D eigenvalue weighted by molar-refractivity contribution is 0.136. The van der Waals surface area contributed by atoms with E-state index in [0.717, 1.165) is 18.9 Å². The Hall–Kier alpha value is -0.130. The largest absolute Gasteiger partial charge is 0.396 e. The van der Waals surface area contributed by atoms with Crippen molar-refractivity contribution in [2.75, 3.05) is 25.4 Å². The molecule has 2 fully saturated rings. The summed E-state index contributed by atoms with van der Waals surface area (Å²) in [5.74, 6) is 1.56. The van der Waals surface area contributed by atoms with E-state index in [4.69, 9.17) is 5.11 Å². The fourth-order valence-electron chi connectivity index (χ4n) is 3.35. The van der Waals surface area contributed by atoms with Crippen molar-refractivity contribution >= 4 is 10.0 Å². The molecule has 2 aliphatic rings. The Bertz CT molecular complexity index is 355. The predicted molar refractivity (Wildman–Crippen MR) is 71.7 cm³/mol. The zero-order valence-electron chi connectivity index (χ0n) is 11.1. The van der Waals surface area contributed by atoms with Crippen LogP contribution < -0.4 is 0 Å². The Kier molecular flexibility index (Phi) is 5.04. The molecule has 106 valence electrons. The van der Waals surface area contributed by atoms with Gasteiger partial charge in [-0.05, 0) is 37.5 Å². The maximum absolute atomic E-state index is 12.2. The third-order valence-corrected chi connectivity index (χ3v) is 6.38. The second-order valence-corrected chi connectivity index (χ2v) is 7.79. The van der Waals surface area contributed by atoms with Crippen LogP contribution in [0.4, 0.5) is 0 Å². The number of rotatable bonds is 5. The minimum absolute atomic E-state index is 0.0836. The normalized spacial score (nSPS) is 30.1. The number of aliphatic hydroxyl groups excluding tert-OH is 1. The molecule has 1 aliphatic carbocycles. The lowest BCUT2D eigenvalue weighted by Gasteiger charge is -2.40. The van der Waals surface area contributed by atoms with Crippen LogP contribution in [0.3, 0.4) is 0 Å². The van der Waals surface area contributed by atoms with Crippen molar-refractivity contribution in [2.24, 2.45) is 11.8 Å². The van der Waals surface area contributed by atoms with Crippen LogP contribution in [-0.4, -0.2) is 43.3 Å².